The fourth-order valence-electron chi connectivity index (χ4n) is 2.88. The Kier molecular flexibility index (Phi) is 3.02. The van der Waals surface area contributed by atoms with E-state index in [1.807, 2.05) is 18.5 Å². The maximum absolute atomic E-state index is 6.45. The van der Waals surface area contributed by atoms with Crippen molar-refractivity contribution in [3.05, 3.63) is 42.2 Å². The van der Waals surface area contributed by atoms with Gasteiger partial charge < -0.3 is 10.5 Å². The molecule has 1 aromatic heterocycles. The molecule has 18 heavy (non-hydrogen) atoms. The van der Waals surface area contributed by atoms with Crippen molar-refractivity contribution in [1.29, 1.82) is 0 Å². The molecule has 3 rings (SSSR count). The van der Waals surface area contributed by atoms with Crippen LogP contribution in [0, 0.1) is 5.92 Å². The molecule has 3 nitrogen and oxygen atoms in total. The molecule has 1 aromatic carbocycles. The monoisotopic (exact) mass is 242 g/mol. The number of aromatic nitrogens is 1. The van der Waals surface area contributed by atoms with Crippen LogP contribution in [0.25, 0.3) is 10.8 Å². The van der Waals surface area contributed by atoms with Crippen molar-refractivity contribution in [2.75, 3.05) is 6.61 Å². The van der Waals surface area contributed by atoms with Crippen LogP contribution >= 0.6 is 0 Å². The second kappa shape index (κ2) is 4.67. The van der Waals surface area contributed by atoms with E-state index in [9.17, 15) is 0 Å². The van der Waals surface area contributed by atoms with E-state index >= 15 is 0 Å². The quantitative estimate of drug-likeness (QED) is 0.880. The van der Waals surface area contributed by atoms with Gasteiger partial charge in [0.2, 0.25) is 0 Å². The molecular formula is C15H18N2O. The van der Waals surface area contributed by atoms with E-state index < -0.39 is 0 Å². The SMILES string of the molecule is CC1OCCC1C(N)c1cccc2ccncc12. The molecule has 1 fully saturated rings. The van der Waals surface area contributed by atoms with E-state index in [2.05, 4.69) is 30.1 Å². The van der Waals surface area contributed by atoms with Gasteiger partial charge in [-0.1, -0.05) is 18.2 Å². The molecule has 2 N–H and O–H groups in total. The highest BCUT2D eigenvalue weighted by Gasteiger charge is 2.31. The Morgan fingerprint density at radius 3 is 3.06 bits per heavy atom. The first-order valence-electron chi connectivity index (χ1n) is 6.47. The van der Waals surface area contributed by atoms with Gasteiger partial charge in [0.25, 0.3) is 0 Å². The van der Waals surface area contributed by atoms with E-state index in [1.54, 1.807) is 0 Å². The summed E-state index contributed by atoms with van der Waals surface area (Å²) in [5.41, 5.74) is 7.63. The summed E-state index contributed by atoms with van der Waals surface area (Å²) in [6.45, 7) is 2.93. The molecule has 3 atom stereocenters. The van der Waals surface area contributed by atoms with Crippen LogP contribution in [0.5, 0.6) is 0 Å². The lowest BCUT2D eigenvalue weighted by molar-refractivity contribution is 0.0996. The van der Waals surface area contributed by atoms with Gasteiger partial charge in [-0.15, -0.1) is 0 Å². The van der Waals surface area contributed by atoms with Gasteiger partial charge >= 0.3 is 0 Å². The fraction of sp³-hybridized carbons (Fsp3) is 0.400. The lowest BCUT2D eigenvalue weighted by atomic mass is 9.87. The number of benzene rings is 1. The third-order valence-electron chi connectivity index (χ3n) is 3.97. The molecule has 0 amide bonds. The standard InChI is InChI=1S/C15H18N2O/c1-10-12(6-8-18-10)15(16)13-4-2-3-11-5-7-17-9-14(11)13/h2-5,7,9-10,12,15H,6,8,16H2,1H3. The first kappa shape index (κ1) is 11.6. The summed E-state index contributed by atoms with van der Waals surface area (Å²) in [7, 11) is 0. The van der Waals surface area contributed by atoms with Crippen LogP contribution in [0.3, 0.4) is 0 Å². The summed E-state index contributed by atoms with van der Waals surface area (Å²) in [5, 5.41) is 2.36. The van der Waals surface area contributed by atoms with E-state index in [-0.39, 0.29) is 12.1 Å². The van der Waals surface area contributed by atoms with Crippen molar-refractivity contribution < 1.29 is 4.74 Å². The summed E-state index contributed by atoms with van der Waals surface area (Å²) in [6.07, 6.45) is 5.01. The lowest BCUT2D eigenvalue weighted by Gasteiger charge is -2.23. The Labute approximate surface area is 107 Å². The number of rotatable bonds is 2. The van der Waals surface area contributed by atoms with Crippen molar-refractivity contribution in [1.82, 2.24) is 4.98 Å². The minimum Gasteiger partial charge on any atom is -0.378 e. The van der Waals surface area contributed by atoms with Gasteiger partial charge in [-0.3, -0.25) is 4.98 Å². The first-order valence-corrected chi connectivity index (χ1v) is 6.47. The number of pyridine rings is 1. The Morgan fingerprint density at radius 1 is 1.39 bits per heavy atom. The Hall–Kier alpha value is -1.45. The molecule has 0 radical (unpaired) electrons. The Balaban J connectivity index is 2.03. The number of hydrogen-bond donors (Lipinski definition) is 1. The van der Waals surface area contributed by atoms with E-state index in [0.717, 1.165) is 18.4 Å². The Morgan fingerprint density at radius 2 is 2.28 bits per heavy atom. The van der Waals surface area contributed by atoms with Gasteiger partial charge in [-0.25, -0.2) is 0 Å². The largest absolute Gasteiger partial charge is 0.378 e. The van der Waals surface area contributed by atoms with E-state index in [1.165, 1.54) is 10.9 Å². The normalized spacial score (nSPS) is 25.4. The molecule has 3 unspecified atom stereocenters. The van der Waals surface area contributed by atoms with Gasteiger partial charge in [-0.05, 0) is 30.4 Å². The first-order chi connectivity index (χ1) is 8.77. The molecular weight excluding hydrogens is 224 g/mol. The lowest BCUT2D eigenvalue weighted by Crippen LogP contribution is -2.26. The molecule has 0 saturated carbocycles. The predicted molar refractivity (Wildman–Crippen MR) is 72.2 cm³/mol. The molecule has 0 spiro atoms. The zero-order valence-corrected chi connectivity index (χ0v) is 10.5. The molecule has 0 aliphatic carbocycles. The fourth-order valence-corrected chi connectivity index (χ4v) is 2.88. The van der Waals surface area contributed by atoms with Gasteiger partial charge in [0.15, 0.2) is 0 Å². The van der Waals surface area contributed by atoms with Crippen molar-refractivity contribution in [2.45, 2.75) is 25.5 Å². The average Bonchev–Trinajstić information content (AvgIpc) is 2.83. The smallest absolute Gasteiger partial charge is 0.0594 e. The van der Waals surface area contributed by atoms with Crippen LogP contribution < -0.4 is 5.73 Å². The average molecular weight is 242 g/mol. The van der Waals surface area contributed by atoms with Crippen LogP contribution in [0.15, 0.2) is 36.7 Å². The highest BCUT2D eigenvalue weighted by Crippen LogP contribution is 2.34. The highest BCUT2D eigenvalue weighted by molar-refractivity contribution is 5.85. The van der Waals surface area contributed by atoms with Gasteiger partial charge in [0.05, 0.1) is 6.10 Å². The number of nitrogens with two attached hydrogens (primary N) is 1. The summed E-state index contributed by atoms with van der Waals surface area (Å²) < 4.78 is 5.62. The number of nitrogens with zero attached hydrogens (tertiary/aromatic N) is 1. The molecule has 2 aromatic rings. The zero-order chi connectivity index (χ0) is 12.5. The van der Waals surface area contributed by atoms with Crippen LogP contribution in [0.1, 0.15) is 24.9 Å². The van der Waals surface area contributed by atoms with Gasteiger partial charge in [0.1, 0.15) is 0 Å². The number of ether oxygens (including phenoxy) is 1. The second-order valence-electron chi connectivity index (χ2n) is 5.00. The summed E-state index contributed by atoms with van der Waals surface area (Å²) in [6, 6.07) is 8.33. The number of fused-ring (bicyclic) bond motifs is 1. The molecule has 1 aliphatic heterocycles. The van der Waals surface area contributed by atoms with Gasteiger partial charge in [0, 0.05) is 36.3 Å². The highest BCUT2D eigenvalue weighted by atomic mass is 16.5. The van der Waals surface area contributed by atoms with Crippen LogP contribution in [-0.2, 0) is 4.74 Å². The minimum absolute atomic E-state index is 0.0235. The van der Waals surface area contributed by atoms with E-state index in [0.29, 0.717) is 5.92 Å². The maximum Gasteiger partial charge on any atom is 0.0594 e. The Bertz CT molecular complexity index is 550. The zero-order valence-electron chi connectivity index (χ0n) is 10.5. The third kappa shape index (κ3) is 1.89. The molecule has 94 valence electrons. The van der Waals surface area contributed by atoms with Crippen molar-refractivity contribution in [3.63, 3.8) is 0 Å². The summed E-state index contributed by atoms with van der Waals surface area (Å²) >= 11 is 0. The molecule has 2 heterocycles. The molecule has 0 bridgehead atoms. The molecule has 1 saturated heterocycles. The van der Waals surface area contributed by atoms with E-state index in [4.69, 9.17) is 10.5 Å². The van der Waals surface area contributed by atoms with Gasteiger partial charge in [-0.2, -0.15) is 0 Å². The number of hydrogen-bond acceptors (Lipinski definition) is 3. The molecule has 1 aliphatic rings. The molecule has 3 heteroatoms. The maximum atomic E-state index is 6.45. The summed E-state index contributed by atoms with van der Waals surface area (Å²) in [5.74, 6) is 0.399. The topological polar surface area (TPSA) is 48.1 Å². The summed E-state index contributed by atoms with van der Waals surface area (Å²) in [4.78, 5) is 4.21. The predicted octanol–water partition coefficient (Wildman–Crippen LogP) is 2.66. The van der Waals surface area contributed by atoms with Crippen molar-refractivity contribution >= 4 is 10.8 Å². The van der Waals surface area contributed by atoms with Crippen molar-refractivity contribution in [3.8, 4) is 0 Å². The van der Waals surface area contributed by atoms with Crippen LogP contribution in [-0.4, -0.2) is 17.7 Å². The van der Waals surface area contributed by atoms with Crippen LogP contribution in [0.4, 0.5) is 0 Å². The van der Waals surface area contributed by atoms with Crippen LogP contribution in [0.2, 0.25) is 0 Å². The minimum atomic E-state index is 0.0235. The second-order valence-corrected chi connectivity index (χ2v) is 5.00. The third-order valence-corrected chi connectivity index (χ3v) is 3.97. The van der Waals surface area contributed by atoms with Crippen molar-refractivity contribution in [2.24, 2.45) is 11.7 Å².